The van der Waals surface area contributed by atoms with E-state index in [1.807, 2.05) is 13.1 Å². The molecule has 2 heterocycles. The number of nitrogens with one attached hydrogen (secondary N) is 1. The van der Waals surface area contributed by atoms with Gasteiger partial charge in [-0.2, -0.15) is 0 Å². The number of hydrogen-bond acceptors (Lipinski definition) is 4. The summed E-state index contributed by atoms with van der Waals surface area (Å²) >= 11 is 0. The molecule has 2 rings (SSSR count). The van der Waals surface area contributed by atoms with Crippen molar-refractivity contribution >= 4 is 0 Å². The van der Waals surface area contributed by atoms with E-state index in [0.29, 0.717) is 6.04 Å². The predicted octanol–water partition coefficient (Wildman–Crippen LogP) is 2.53. The molecule has 0 spiro atoms. The van der Waals surface area contributed by atoms with E-state index in [1.165, 1.54) is 24.9 Å². The summed E-state index contributed by atoms with van der Waals surface area (Å²) in [7, 11) is 3.80. The van der Waals surface area contributed by atoms with Crippen LogP contribution in [-0.2, 0) is 6.54 Å². The van der Waals surface area contributed by atoms with Crippen LogP contribution in [0.3, 0.4) is 0 Å². The van der Waals surface area contributed by atoms with E-state index >= 15 is 0 Å². The zero-order valence-corrected chi connectivity index (χ0v) is 14.1. The van der Waals surface area contributed by atoms with Gasteiger partial charge in [0.1, 0.15) is 5.75 Å². The van der Waals surface area contributed by atoms with Crippen LogP contribution in [0.15, 0.2) is 6.20 Å². The van der Waals surface area contributed by atoms with Crippen LogP contribution in [0.4, 0.5) is 0 Å². The second kappa shape index (κ2) is 7.23. The van der Waals surface area contributed by atoms with Crippen molar-refractivity contribution < 1.29 is 4.74 Å². The highest BCUT2D eigenvalue weighted by atomic mass is 16.5. The monoisotopic (exact) mass is 291 g/mol. The summed E-state index contributed by atoms with van der Waals surface area (Å²) < 4.78 is 5.51. The van der Waals surface area contributed by atoms with Gasteiger partial charge in [-0.05, 0) is 53.1 Å². The van der Waals surface area contributed by atoms with Gasteiger partial charge in [0.05, 0.1) is 12.8 Å². The van der Waals surface area contributed by atoms with Crippen LogP contribution in [0.1, 0.15) is 36.6 Å². The van der Waals surface area contributed by atoms with Gasteiger partial charge in [-0.1, -0.05) is 0 Å². The molecule has 4 nitrogen and oxygen atoms in total. The zero-order chi connectivity index (χ0) is 15.4. The van der Waals surface area contributed by atoms with E-state index in [4.69, 9.17) is 4.74 Å². The third-order valence-electron chi connectivity index (χ3n) is 4.83. The molecule has 1 aliphatic heterocycles. The molecule has 0 aliphatic carbocycles. The Morgan fingerprint density at radius 3 is 2.90 bits per heavy atom. The number of likely N-dealkylation sites (tertiary alicyclic amines) is 1. The Hall–Kier alpha value is -1.13. The Kier molecular flexibility index (Phi) is 5.59. The summed E-state index contributed by atoms with van der Waals surface area (Å²) in [4.78, 5) is 7.17. The normalized spacial score (nSPS) is 21.3. The van der Waals surface area contributed by atoms with Crippen LogP contribution in [-0.4, -0.2) is 43.2 Å². The summed E-state index contributed by atoms with van der Waals surface area (Å²) in [6.45, 7) is 9.70. The molecule has 2 atom stereocenters. The molecule has 0 saturated carbocycles. The molecule has 1 aliphatic rings. The smallest absolute Gasteiger partial charge is 0.128 e. The minimum absolute atomic E-state index is 0.578. The van der Waals surface area contributed by atoms with Gasteiger partial charge in [-0.15, -0.1) is 0 Å². The van der Waals surface area contributed by atoms with E-state index in [2.05, 4.69) is 36.1 Å². The Labute approximate surface area is 128 Å². The fourth-order valence-corrected chi connectivity index (χ4v) is 3.32. The van der Waals surface area contributed by atoms with E-state index in [0.717, 1.165) is 36.0 Å². The number of pyridine rings is 1. The summed E-state index contributed by atoms with van der Waals surface area (Å²) in [5.41, 5.74) is 3.44. The lowest BCUT2D eigenvalue weighted by molar-refractivity contribution is 0.145. The number of piperidine rings is 1. The van der Waals surface area contributed by atoms with E-state index in [1.54, 1.807) is 7.11 Å². The first-order chi connectivity index (χ1) is 10.1. The van der Waals surface area contributed by atoms with Gasteiger partial charge in [0.2, 0.25) is 0 Å². The highest BCUT2D eigenvalue weighted by Crippen LogP contribution is 2.26. The number of methoxy groups -OCH3 is 1. The van der Waals surface area contributed by atoms with Gasteiger partial charge in [-0.25, -0.2) is 0 Å². The van der Waals surface area contributed by atoms with E-state index < -0.39 is 0 Å². The molecule has 1 saturated heterocycles. The lowest BCUT2D eigenvalue weighted by atomic mass is 9.91. The molecular weight excluding hydrogens is 262 g/mol. The maximum Gasteiger partial charge on any atom is 0.128 e. The number of ether oxygens (including phenoxy) is 1. The zero-order valence-electron chi connectivity index (χ0n) is 14.1. The Bertz CT molecular complexity index is 475. The highest BCUT2D eigenvalue weighted by Gasteiger charge is 2.24. The summed E-state index contributed by atoms with van der Waals surface area (Å²) in [5.74, 6) is 1.72. The maximum atomic E-state index is 5.51. The minimum atomic E-state index is 0.578. The molecular formula is C17H29N3O. The van der Waals surface area contributed by atoms with E-state index in [-0.39, 0.29) is 0 Å². The van der Waals surface area contributed by atoms with Crippen molar-refractivity contribution in [3.8, 4) is 5.75 Å². The van der Waals surface area contributed by atoms with Crippen molar-refractivity contribution in [3.63, 3.8) is 0 Å². The predicted molar refractivity (Wildman–Crippen MR) is 86.8 cm³/mol. The lowest BCUT2D eigenvalue weighted by Crippen LogP contribution is -2.43. The molecule has 0 aromatic carbocycles. The van der Waals surface area contributed by atoms with Crippen LogP contribution in [0.25, 0.3) is 0 Å². The Balaban J connectivity index is 2.08. The number of aromatic nitrogens is 1. The molecule has 0 bridgehead atoms. The standard InChI is InChI=1S/C17H29N3O/c1-12-9-19-16(13(2)17(12)21-5)11-20-8-6-7-15(10-20)14(3)18-4/h9,14-15,18H,6-8,10-11H2,1-5H3. The number of nitrogens with zero attached hydrogens (tertiary/aromatic N) is 2. The molecule has 2 unspecified atom stereocenters. The van der Waals surface area contributed by atoms with Gasteiger partial charge < -0.3 is 10.1 Å². The van der Waals surface area contributed by atoms with Crippen molar-refractivity contribution in [2.75, 3.05) is 27.2 Å². The third kappa shape index (κ3) is 3.74. The van der Waals surface area contributed by atoms with Crippen LogP contribution < -0.4 is 10.1 Å². The fourth-order valence-electron chi connectivity index (χ4n) is 3.32. The van der Waals surface area contributed by atoms with Gasteiger partial charge >= 0.3 is 0 Å². The first-order valence-corrected chi connectivity index (χ1v) is 7.95. The molecule has 1 aromatic heterocycles. The Morgan fingerprint density at radius 1 is 1.48 bits per heavy atom. The lowest BCUT2D eigenvalue weighted by Gasteiger charge is -2.35. The average molecular weight is 291 g/mol. The fraction of sp³-hybridized carbons (Fsp3) is 0.706. The summed E-state index contributed by atoms with van der Waals surface area (Å²) in [6.07, 6.45) is 4.53. The minimum Gasteiger partial charge on any atom is -0.496 e. The van der Waals surface area contributed by atoms with Gasteiger partial charge in [0, 0.05) is 36.5 Å². The highest BCUT2D eigenvalue weighted by molar-refractivity contribution is 5.41. The van der Waals surface area contributed by atoms with Crippen molar-refractivity contribution in [1.29, 1.82) is 0 Å². The second-order valence-electron chi connectivity index (χ2n) is 6.26. The molecule has 0 radical (unpaired) electrons. The van der Waals surface area contributed by atoms with Crippen LogP contribution in [0, 0.1) is 19.8 Å². The summed E-state index contributed by atoms with van der Waals surface area (Å²) in [6, 6.07) is 0.578. The van der Waals surface area contributed by atoms with Crippen molar-refractivity contribution in [2.24, 2.45) is 5.92 Å². The summed E-state index contributed by atoms with van der Waals surface area (Å²) in [5, 5.41) is 3.39. The van der Waals surface area contributed by atoms with E-state index in [9.17, 15) is 0 Å². The van der Waals surface area contributed by atoms with Gasteiger partial charge in [-0.3, -0.25) is 9.88 Å². The van der Waals surface area contributed by atoms with Crippen molar-refractivity contribution in [3.05, 3.63) is 23.0 Å². The molecule has 4 heteroatoms. The van der Waals surface area contributed by atoms with Crippen LogP contribution in [0.5, 0.6) is 5.75 Å². The quantitative estimate of drug-likeness (QED) is 0.904. The first-order valence-electron chi connectivity index (χ1n) is 7.95. The Morgan fingerprint density at radius 2 is 2.24 bits per heavy atom. The second-order valence-corrected chi connectivity index (χ2v) is 6.26. The number of hydrogen-bond donors (Lipinski definition) is 1. The molecule has 1 fully saturated rings. The molecule has 1 aromatic rings. The molecule has 21 heavy (non-hydrogen) atoms. The molecule has 0 amide bonds. The van der Waals surface area contributed by atoms with Crippen molar-refractivity contribution in [2.45, 2.75) is 46.2 Å². The van der Waals surface area contributed by atoms with Crippen LogP contribution in [0.2, 0.25) is 0 Å². The average Bonchev–Trinajstić information content (AvgIpc) is 2.50. The largest absolute Gasteiger partial charge is 0.496 e. The maximum absolute atomic E-state index is 5.51. The first kappa shape index (κ1) is 16.2. The van der Waals surface area contributed by atoms with Gasteiger partial charge in [0.25, 0.3) is 0 Å². The van der Waals surface area contributed by atoms with Crippen LogP contribution >= 0.6 is 0 Å². The number of rotatable bonds is 5. The topological polar surface area (TPSA) is 37.4 Å². The van der Waals surface area contributed by atoms with Gasteiger partial charge in [0.15, 0.2) is 0 Å². The SMILES string of the molecule is CNC(C)C1CCCN(Cc2ncc(C)c(OC)c2C)C1. The molecule has 118 valence electrons. The number of aryl methyl sites for hydroxylation is 1. The molecule has 1 N–H and O–H groups in total. The van der Waals surface area contributed by atoms with Crippen molar-refractivity contribution in [1.82, 2.24) is 15.2 Å². The third-order valence-corrected chi connectivity index (χ3v) is 4.83.